The predicted molar refractivity (Wildman–Crippen MR) is 117 cm³/mol. The first-order valence-electron chi connectivity index (χ1n) is 10.2. The monoisotopic (exact) mass is 407 g/mol. The molecule has 6 heteroatoms. The molecule has 1 heterocycles. The van der Waals surface area contributed by atoms with Gasteiger partial charge >= 0.3 is 0 Å². The maximum atomic E-state index is 13.1. The molecular weight excluding hydrogens is 378 g/mol. The van der Waals surface area contributed by atoms with Crippen molar-refractivity contribution in [2.75, 3.05) is 20.7 Å². The maximum Gasteiger partial charge on any atom is 0.262 e. The van der Waals surface area contributed by atoms with Gasteiger partial charge in [0.15, 0.2) is 0 Å². The van der Waals surface area contributed by atoms with Crippen LogP contribution in [0.3, 0.4) is 0 Å². The molecule has 1 aliphatic heterocycles. The van der Waals surface area contributed by atoms with Gasteiger partial charge in [0.1, 0.15) is 12.3 Å². The zero-order valence-corrected chi connectivity index (χ0v) is 18.3. The smallest absolute Gasteiger partial charge is 0.262 e. The Hall–Kier alpha value is -3.15. The third-order valence-electron chi connectivity index (χ3n) is 5.29. The fourth-order valence-electron chi connectivity index (χ4n) is 3.54. The van der Waals surface area contributed by atoms with E-state index in [-0.39, 0.29) is 30.3 Å². The van der Waals surface area contributed by atoms with Gasteiger partial charge in [-0.3, -0.25) is 9.59 Å². The van der Waals surface area contributed by atoms with Gasteiger partial charge in [0.2, 0.25) is 5.91 Å². The van der Waals surface area contributed by atoms with Crippen LogP contribution in [0.2, 0.25) is 0 Å². The largest absolute Gasteiger partial charge is 0.497 e. The zero-order chi connectivity index (χ0) is 21.8. The lowest BCUT2D eigenvalue weighted by Crippen LogP contribution is -2.40. The van der Waals surface area contributed by atoms with Crippen LogP contribution in [0.1, 0.15) is 43.0 Å². The molecule has 1 atom stereocenters. The highest BCUT2D eigenvalue weighted by Crippen LogP contribution is 2.33. The summed E-state index contributed by atoms with van der Waals surface area (Å²) < 4.78 is 5.24. The van der Waals surface area contributed by atoms with Gasteiger partial charge in [0.25, 0.3) is 5.91 Å². The summed E-state index contributed by atoms with van der Waals surface area (Å²) in [6, 6.07) is 15.6. The van der Waals surface area contributed by atoms with Crippen molar-refractivity contribution in [1.29, 1.82) is 0 Å². The molecule has 0 fully saturated rings. The molecule has 0 aliphatic carbocycles. The second kappa shape index (κ2) is 9.11. The number of amides is 2. The summed E-state index contributed by atoms with van der Waals surface area (Å²) in [6.07, 6.45) is 0.614. The molecule has 0 aromatic heterocycles. The summed E-state index contributed by atoms with van der Waals surface area (Å²) in [6.45, 7) is 5.69. The molecule has 0 radical (unpaired) electrons. The molecule has 0 spiro atoms. The predicted octanol–water partition coefficient (Wildman–Crippen LogP) is 3.80. The van der Waals surface area contributed by atoms with E-state index in [1.165, 1.54) is 9.91 Å². The molecule has 0 bridgehead atoms. The van der Waals surface area contributed by atoms with Gasteiger partial charge in [-0.15, -0.1) is 0 Å². The van der Waals surface area contributed by atoms with Crippen LogP contribution in [0.25, 0.3) is 0 Å². The molecule has 6 nitrogen and oxygen atoms in total. The number of ether oxygens (including phenoxy) is 1. The zero-order valence-electron chi connectivity index (χ0n) is 18.3. The van der Waals surface area contributed by atoms with Crippen molar-refractivity contribution < 1.29 is 14.3 Å². The Morgan fingerprint density at radius 2 is 1.77 bits per heavy atom. The van der Waals surface area contributed by atoms with Crippen molar-refractivity contribution >= 4 is 17.5 Å². The minimum atomic E-state index is -0.197. The van der Waals surface area contributed by atoms with Gasteiger partial charge < -0.3 is 9.64 Å². The third-order valence-corrected chi connectivity index (χ3v) is 5.29. The number of carbonyl (C=O) groups is 2. The number of rotatable bonds is 6. The van der Waals surface area contributed by atoms with Crippen LogP contribution in [0.5, 0.6) is 5.75 Å². The summed E-state index contributed by atoms with van der Waals surface area (Å²) >= 11 is 0. The molecular formula is C24H29N3O3. The standard InChI is InChI=1S/C24H29N3O3/c1-16(2)24(29)26(4)15-23(28)27-22(19-8-6-17(3)7-9-19)14-21(25-27)18-10-12-20(30-5)13-11-18/h6-13,16,22H,14-15H2,1-5H3/t22-/m0/s1. The van der Waals surface area contributed by atoms with Crippen molar-refractivity contribution in [1.82, 2.24) is 9.91 Å². The van der Waals surface area contributed by atoms with Gasteiger partial charge in [-0.25, -0.2) is 5.01 Å². The van der Waals surface area contributed by atoms with Crippen LogP contribution in [-0.2, 0) is 9.59 Å². The van der Waals surface area contributed by atoms with Crippen LogP contribution in [-0.4, -0.2) is 48.1 Å². The summed E-state index contributed by atoms with van der Waals surface area (Å²) in [5.41, 5.74) is 3.98. The van der Waals surface area contributed by atoms with Crippen LogP contribution in [0, 0.1) is 12.8 Å². The molecule has 0 saturated carbocycles. The number of hydrogen-bond acceptors (Lipinski definition) is 4. The van der Waals surface area contributed by atoms with Crippen molar-refractivity contribution in [3.8, 4) is 5.75 Å². The minimum absolute atomic E-state index is 0.00122. The first-order valence-corrected chi connectivity index (χ1v) is 10.2. The number of carbonyl (C=O) groups excluding carboxylic acids is 2. The van der Waals surface area contributed by atoms with Gasteiger partial charge in [0, 0.05) is 19.4 Å². The van der Waals surface area contributed by atoms with Crippen LogP contribution in [0.4, 0.5) is 0 Å². The van der Waals surface area contributed by atoms with Gasteiger partial charge in [-0.05, 0) is 42.3 Å². The lowest BCUT2D eigenvalue weighted by molar-refractivity contribution is -0.142. The Balaban J connectivity index is 1.88. The fraction of sp³-hybridized carbons (Fsp3) is 0.375. The third kappa shape index (κ3) is 4.70. The number of likely N-dealkylation sites (N-methyl/N-ethyl adjacent to an activating group) is 1. The van der Waals surface area contributed by atoms with E-state index >= 15 is 0 Å². The number of methoxy groups -OCH3 is 1. The Bertz CT molecular complexity index is 933. The molecule has 0 saturated heterocycles. The number of hydrazone groups is 1. The van der Waals surface area contributed by atoms with Crippen LogP contribution < -0.4 is 4.74 Å². The Kier molecular flexibility index (Phi) is 6.55. The summed E-state index contributed by atoms with van der Waals surface area (Å²) in [7, 11) is 3.29. The maximum absolute atomic E-state index is 13.1. The van der Waals surface area contributed by atoms with Crippen LogP contribution >= 0.6 is 0 Å². The van der Waals surface area contributed by atoms with E-state index in [0.717, 1.165) is 28.2 Å². The SMILES string of the molecule is COc1ccc(C2=NN(C(=O)CN(C)C(=O)C(C)C)[C@H](c3ccc(C)cc3)C2)cc1. The number of aryl methyl sites for hydroxylation is 1. The second-order valence-corrected chi connectivity index (χ2v) is 7.99. The summed E-state index contributed by atoms with van der Waals surface area (Å²) in [5, 5.41) is 6.21. The van der Waals surface area contributed by atoms with E-state index in [4.69, 9.17) is 4.74 Å². The second-order valence-electron chi connectivity index (χ2n) is 7.99. The average Bonchev–Trinajstić information content (AvgIpc) is 3.19. The van der Waals surface area contributed by atoms with E-state index in [0.29, 0.717) is 6.42 Å². The van der Waals surface area contributed by atoms with Gasteiger partial charge in [-0.1, -0.05) is 43.7 Å². The summed E-state index contributed by atoms with van der Waals surface area (Å²) in [5.74, 6) is 0.358. The lowest BCUT2D eigenvalue weighted by atomic mass is 9.97. The molecule has 1 aliphatic rings. The van der Waals surface area contributed by atoms with Crippen molar-refractivity contribution in [3.05, 3.63) is 65.2 Å². The van der Waals surface area contributed by atoms with E-state index in [2.05, 4.69) is 5.10 Å². The molecule has 2 aromatic rings. The van der Waals surface area contributed by atoms with E-state index < -0.39 is 0 Å². The Morgan fingerprint density at radius 3 is 2.33 bits per heavy atom. The molecule has 2 aromatic carbocycles. The molecule has 0 unspecified atom stereocenters. The summed E-state index contributed by atoms with van der Waals surface area (Å²) in [4.78, 5) is 26.8. The minimum Gasteiger partial charge on any atom is -0.497 e. The molecule has 158 valence electrons. The fourth-order valence-corrected chi connectivity index (χ4v) is 3.54. The van der Waals surface area contributed by atoms with E-state index in [1.807, 2.05) is 69.3 Å². The first-order chi connectivity index (χ1) is 14.3. The molecule has 30 heavy (non-hydrogen) atoms. The lowest BCUT2D eigenvalue weighted by Gasteiger charge is -2.25. The van der Waals surface area contributed by atoms with Crippen molar-refractivity contribution in [3.63, 3.8) is 0 Å². The number of benzene rings is 2. The molecule has 3 rings (SSSR count). The highest BCUT2D eigenvalue weighted by molar-refractivity contribution is 6.03. The van der Waals surface area contributed by atoms with Gasteiger partial charge in [-0.2, -0.15) is 5.10 Å². The first kappa shape index (κ1) is 21.6. The highest BCUT2D eigenvalue weighted by atomic mass is 16.5. The van der Waals surface area contributed by atoms with E-state index in [9.17, 15) is 9.59 Å². The number of nitrogens with zero attached hydrogens (tertiary/aromatic N) is 3. The Morgan fingerprint density at radius 1 is 1.13 bits per heavy atom. The van der Waals surface area contributed by atoms with Crippen LogP contribution in [0.15, 0.2) is 53.6 Å². The van der Waals surface area contributed by atoms with E-state index in [1.54, 1.807) is 14.2 Å². The topological polar surface area (TPSA) is 62.2 Å². The molecule has 2 amide bonds. The average molecular weight is 408 g/mol. The highest BCUT2D eigenvalue weighted by Gasteiger charge is 2.34. The van der Waals surface area contributed by atoms with Crippen molar-refractivity contribution in [2.45, 2.75) is 33.2 Å². The van der Waals surface area contributed by atoms with Gasteiger partial charge in [0.05, 0.1) is 18.9 Å². The Labute approximate surface area is 178 Å². The van der Waals surface area contributed by atoms with Crippen molar-refractivity contribution in [2.24, 2.45) is 11.0 Å². The normalized spacial score (nSPS) is 15.9. The quantitative estimate of drug-likeness (QED) is 0.732. The number of hydrogen-bond donors (Lipinski definition) is 0. The molecule has 0 N–H and O–H groups in total.